The lowest BCUT2D eigenvalue weighted by Gasteiger charge is -2.20. The Morgan fingerprint density at radius 3 is 2.71 bits per heavy atom. The van der Waals surface area contributed by atoms with Crippen molar-refractivity contribution in [3.63, 3.8) is 0 Å². The lowest BCUT2D eigenvalue weighted by atomic mass is 10.1. The summed E-state index contributed by atoms with van der Waals surface area (Å²) in [6, 6.07) is 14.4. The lowest BCUT2D eigenvalue weighted by Crippen LogP contribution is -2.20. The number of rotatable bonds is 3. The fourth-order valence-corrected chi connectivity index (χ4v) is 2.66. The van der Waals surface area contributed by atoms with Gasteiger partial charge in [0.2, 0.25) is 5.89 Å². The summed E-state index contributed by atoms with van der Waals surface area (Å²) in [5.41, 5.74) is 10.6. The number of nitrogens with zero attached hydrogens (tertiary/aromatic N) is 2. The van der Waals surface area contributed by atoms with Crippen LogP contribution in [0.1, 0.15) is 12.8 Å². The molecule has 0 saturated heterocycles. The minimum atomic E-state index is 0.614. The molecule has 2 N–H and O–H groups in total. The van der Waals surface area contributed by atoms with Crippen molar-refractivity contribution in [1.82, 2.24) is 4.98 Å². The second-order valence-corrected chi connectivity index (χ2v) is 5.60. The van der Waals surface area contributed by atoms with Gasteiger partial charge in [0.15, 0.2) is 5.58 Å². The molecule has 0 atom stereocenters. The van der Waals surface area contributed by atoms with Crippen molar-refractivity contribution < 1.29 is 4.42 Å². The number of benzene rings is 2. The molecule has 3 aromatic rings. The number of para-hydroxylation sites is 2. The van der Waals surface area contributed by atoms with Gasteiger partial charge in [0.25, 0.3) is 0 Å². The predicted molar refractivity (Wildman–Crippen MR) is 85.3 cm³/mol. The van der Waals surface area contributed by atoms with Crippen LogP contribution in [0.5, 0.6) is 0 Å². The summed E-state index contributed by atoms with van der Waals surface area (Å²) in [6.45, 7) is 0. The summed E-state index contributed by atoms with van der Waals surface area (Å²) < 4.78 is 5.79. The molecule has 0 radical (unpaired) electrons. The first-order valence-corrected chi connectivity index (χ1v) is 7.21. The summed E-state index contributed by atoms with van der Waals surface area (Å²) in [5, 5.41) is 0. The summed E-state index contributed by atoms with van der Waals surface area (Å²) in [5.74, 6) is 0.614. The van der Waals surface area contributed by atoms with E-state index >= 15 is 0 Å². The van der Waals surface area contributed by atoms with Gasteiger partial charge in [-0.3, -0.25) is 0 Å². The lowest BCUT2D eigenvalue weighted by molar-refractivity contribution is 0.620. The average Bonchev–Trinajstić information content (AvgIpc) is 3.25. The molecule has 21 heavy (non-hydrogen) atoms. The second-order valence-electron chi connectivity index (χ2n) is 5.60. The third kappa shape index (κ3) is 2.13. The van der Waals surface area contributed by atoms with Crippen LogP contribution in [-0.4, -0.2) is 18.1 Å². The van der Waals surface area contributed by atoms with Gasteiger partial charge >= 0.3 is 0 Å². The maximum atomic E-state index is 6.21. The zero-order valence-electron chi connectivity index (χ0n) is 11.9. The van der Waals surface area contributed by atoms with E-state index in [1.807, 2.05) is 36.4 Å². The second kappa shape index (κ2) is 4.52. The highest BCUT2D eigenvalue weighted by atomic mass is 16.3. The van der Waals surface area contributed by atoms with E-state index in [9.17, 15) is 0 Å². The van der Waals surface area contributed by atoms with Crippen LogP contribution in [0.15, 0.2) is 46.9 Å². The Morgan fingerprint density at radius 2 is 2.00 bits per heavy atom. The summed E-state index contributed by atoms with van der Waals surface area (Å²) >= 11 is 0. The van der Waals surface area contributed by atoms with Crippen molar-refractivity contribution >= 4 is 22.5 Å². The van der Waals surface area contributed by atoms with Crippen LogP contribution in [0.25, 0.3) is 22.6 Å². The molecule has 2 aromatic carbocycles. The van der Waals surface area contributed by atoms with Crippen molar-refractivity contribution in [2.24, 2.45) is 0 Å². The molecule has 1 saturated carbocycles. The first-order valence-electron chi connectivity index (χ1n) is 7.21. The molecule has 1 aliphatic carbocycles. The highest BCUT2D eigenvalue weighted by molar-refractivity contribution is 5.79. The number of nitrogen functional groups attached to an aromatic ring is 1. The average molecular weight is 279 g/mol. The summed E-state index contributed by atoms with van der Waals surface area (Å²) in [4.78, 5) is 6.77. The van der Waals surface area contributed by atoms with Crippen LogP contribution < -0.4 is 10.6 Å². The summed E-state index contributed by atoms with van der Waals surface area (Å²) in [7, 11) is 2.10. The first-order chi connectivity index (χ1) is 10.2. The van der Waals surface area contributed by atoms with E-state index in [4.69, 9.17) is 10.2 Å². The monoisotopic (exact) mass is 279 g/mol. The van der Waals surface area contributed by atoms with Crippen LogP contribution >= 0.6 is 0 Å². The largest absolute Gasteiger partial charge is 0.436 e. The number of oxazole rings is 1. The van der Waals surface area contributed by atoms with Crippen molar-refractivity contribution in [2.75, 3.05) is 17.7 Å². The van der Waals surface area contributed by atoms with E-state index in [0.29, 0.717) is 11.9 Å². The molecule has 0 unspecified atom stereocenters. The number of hydrogen-bond donors (Lipinski definition) is 1. The van der Waals surface area contributed by atoms with Gasteiger partial charge < -0.3 is 15.1 Å². The highest BCUT2D eigenvalue weighted by Crippen LogP contribution is 2.35. The molecule has 0 amide bonds. The van der Waals surface area contributed by atoms with Gasteiger partial charge in [-0.05, 0) is 43.2 Å². The van der Waals surface area contributed by atoms with Crippen LogP contribution in [-0.2, 0) is 0 Å². The van der Waals surface area contributed by atoms with Gasteiger partial charge in [0.1, 0.15) is 5.52 Å². The zero-order chi connectivity index (χ0) is 14.4. The number of anilines is 2. The SMILES string of the molecule is CN(c1ccc(-c2nc3ccccc3o2)cc1N)C1CC1. The Labute approximate surface area is 123 Å². The molecular formula is C17H17N3O. The number of hydrogen-bond acceptors (Lipinski definition) is 4. The van der Waals surface area contributed by atoms with Gasteiger partial charge in [-0.15, -0.1) is 0 Å². The van der Waals surface area contributed by atoms with Gasteiger partial charge in [0, 0.05) is 18.7 Å². The van der Waals surface area contributed by atoms with E-state index in [1.54, 1.807) is 0 Å². The van der Waals surface area contributed by atoms with Crippen LogP contribution in [0.2, 0.25) is 0 Å². The van der Waals surface area contributed by atoms with Crippen molar-refractivity contribution in [1.29, 1.82) is 0 Å². The molecule has 1 aliphatic rings. The standard InChI is InChI=1S/C17H17N3O/c1-20(12-7-8-12)15-9-6-11(10-13(15)18)17-19-14-4-2-3-5-16(14)21-17/h2-6,9-10,12H,7-8,18H2,1H3. The quantitative estimate of drug-likeness (QED) is 0.743. The number of fused-ring (bicyclic) bond motifs is 1. The van der Waals surface area contributed by atoms with E-state index in [0.717, 1.165) is 28.0 Å². The molecular weight excluding hydrogens is 262 g/mol. The van der Waals surface area contributed by atoms with E-state index in [-0.39, 0.29) is 0 Å². The van der Waals surface area contributed by atoms with E-state index < -0.39 is 0 Å². The maximum Gasteiger partial charge on any atom is 0.227 e. The Morgan fingerprint density at radius 1 is 1.19 bits per heavy atom. The Hall–Kier alpha value is -2.49. The van der Waals surface area contributed by atoms with Gasteiger partial charge in [-0.2, -0.15) is 0 Å². The first kappa shape index (κ1) is 12.3. The maximum absolute atomic E-state index is 6.21. The smallest absolute Gasteiger partial charge is 0.227 e. The van der Waals surface area contributed by atoms with Crippen molar-refractivity contribution in [3.05, 3.63) is 42.5 Å². The molecule has 4 nitrogen and oxygen atoms in total. The van der Waals surface area contributed by atoms with Gasteiger partial charge in [-0.25, -0.2) is 4.98 Å². The Kier molecular flexibility index (Phi) is 2.64. The molecule has 1 fully saturated rings. The minimum Gasteiger partial charge on any atom is -0.436 e. The summed E-state index contributed by atoms with van der Waals surface area (Å²) in [6.07, 6.45) is 2.51. The molecule has 1 heterocycles. The van der Waals surface area contributed by atoms with E-state index in [2.05, 4.69) is 23.0 Å². The van der Waals surface area contributed by atoms with E-state index in [1.165, 1.54) is 12.8 Å². The topological polar surface area (TPSA) is 55.3 Å². The number of aromatic nitrogens is 1. The molecule has 4 heteroatoms. The minimum absolute atomic E-state index is 0.614. The van der Waals surface area contributed by atoms with Crippen LogP contribution in [0.4, 0.5) is 11.4 Å². The molecule has 0 spiro atoms. The fourth-order valence-electron chi connectivity index (χ4n) is 2.66. The van der Waals surface area contributed by atoms with Crippen LogP contribution in [0.3, 0.4) is 0 Å². The third-order valence-electron chi connectivity index (χ3n) is 4.04. The fraction of sp³-hybridized carbons (Fsp3) is 0.235. The molecule has 1 aromatic heterocycles. The molecule has 4 rings (SSSR count). The zero-order valence-corrected chi connectivity index (χ0v) is 11.9. The Balaban J connectivity index is 1.73. The normalized spacial score (nSPS) is 14.5. The number of nitrogens with two attached hydrogens (primary N) is 1. The van der Waals surface area contributed by atoms with Gasteiger partial charge in [-0.1, -0.05) is 12.1 Å². The van der Waals surface area contributed by atoms with Crippen molar-refractivity contribution in [2.45, 2.75) is 18.9 Å². The highest BCUT2D eigenvalue weighted by Gasteiger charge is 2.27. The van der Waals surface area contributed by atoms with Crippen molar-refractivity contribution in [3.8, 4) is 11.5 Å². The molecule has 0 aliphatic heterocycles. The molecule has 106 valence electrons. The molecule has 0 bridgehead atoms. The third-order valence-corrected chi connectivity index (χ3v) is 4.04. The predicted octanol–water partition coefficient (Wildman–Crippen LogP) is 3.68. The van der Waals surface area contributed by atoms with Gasteiger partial charge in [0.05, 0.1) is 11.4 Å². The van der Waals surface area contributed by atoms with Crippen LogP contribution in [0, 0.1) is 0 Å². The Bertz CT molecular complexity index is 772.